The number of pyridine rings is 1. The number of hydrogen-bond donors (Lipinski definition) is 0. The molecule has 249 valence electrons. The van der Waals surface area contributed by atoms with Gasteiger partial charge in [-0.2, -0.15) is 0 Å². The molecule has 1 aromatic heterocycles. The van der Waals surface area contributed by atoms with E-state index in [2.05, 4.69) is 164 Å². The maximum atomic E-state index is 4.52. The van der Waals surface area contributed by atoms with Crippen molar-refractivity contribution in [1.82, 2.24) is 4.98 Å². The van der Waals surface area contributed by atoms with Gasteiger partial charge in [-0.05, 0) is 87.7 Å². The second kappa shape index (κ2) is 16.7. The predicted molar refractivity (Wildman–Crippen MR) is 206 cm³/mol. The summed E-state index contributed by atoms with van der Waals surface area (Å²) in [6.45, 7) is 2.30. The molecule has 1 atom stereocenters. The summed E-state index contributed by atoms with van der Waals surface area (Å²) in [7, 11) is 0. The van der Waals surface area contributed by atoms with E-state index in [1.165, 1.54) is 57.3 Å². The minimum Gasteiger partial charge on any atom is -0.305 e. The zero-order valence-electron chi connectivity index (χ0n) is 28.6. The van der Waals surface area contributed by atoms with Gasteiger partial charge in [0.25, 0.3) is 0 Å². The Hall–Kier alpha value is -4.88. The van der Waals surface area contributed by atoms with Gasteiger partial charge in [0.05, 0.1) is 0 Å². The number of benzene rings is 6. The van der Waals surface area contributed by atoms with E-state index in [-0.39, 0.29) is 25.5 Å². The molecule has 0 fully saturated rings. The zero-order chi connectivity index (χ0) is 33.3. The van der Waals surface area contributed by atoms with E-state index in [0.717, 1.165) is 36.1 Å². The van der Waals surface area contributed by atoms with E-state index in [1.807, 2.05) is 30.5 Å². The molecule has 0 bridgehead atoms. The molecule has 50 heavy (non-hydrogen) atoms. The van der Waals surface area contributed by atoms with Gasteiger partial charge in [-0.1, -0.05) is 153 Å². The molecule has 6 aromatic carbocycles. The Morgan fingerprint density at radius 3 is 1.72 bits per heavy atom. The molecule has 1 nitrogen and oxygen atoms in total. The number of nitrogens with zero attached hydrogens (tertiary/aromatic N) is 1. The van der Waals surface area contributed by atoms with Crippen molar-refractivity contribution in [2.45, 2.75) is 44.4 Å². The first-order chi connectivity index (χ1) is 24.2. The summed E-state index contributed by atoms with van der Waals surface area (Å²) in [6, 6.07) is 65.0. The Morgan fingerprint density at radius 2 is 1.10 bits per heavy atom. The summed E-state index contributed by atoms with van der Waals surface area (Å²) < 4.78 is 0. The molecule has 0 spiro atoms. The van der Waals surface area contributed by atoms with E-state index in [0.29, 0.717) is 0 Å². The molecular weight excluding hydrogens is 783 g/mol. The molecule has 0 amide bonds. The smallest absolute Gasteiger partial charge is 0.0206 e. The van der Waals surface area contributed by atoms with E-state index < -0.39 is 0 Å². The predicted octanol–water partition coefficient (Wildman–Crippen LogP) is 12.7. The van der Waals surface area contributed by atoms with Crippen LogP contribution in [0.25, 0.3) is 44.6 Å². The Bertz CT molecular complexity index is 2090. The van der Waals surface area contributed by atoms with Crippen LogP contribution >= 0.6 is 0 Å². The van der Waals surface area contributed by atoms with Gasteiger partial charge in [0.1, 0.15) is 0 Å². The molecule has 1 heterocycles. The van der Waals surface area contributed by atoms with Crippen LogP contribution in [0.4, 0.5) is 0 Å². The van der Waals surface area contributed by atoms with Crippen molar-refractivity contribution in [1.29, 1.82) is 0 Å². The van der Waals surface area contributed by atoms with Gasteiger partial charge in [-0.3, -0.25) is 0 Å². The van der Waals surface area contributed by atoms with Crippen LogP contribution in [0.5, 0.6) is 0 Å². The van der Waals surface area contributed by atoms with Crippen LogP contribution in [0.2, 0.25) is 0 Å². The van der Waals surface area contributed by atoms with E-state index in [9.17, 15) is 0 Å². The molecular formula is C48H42IrN-. The number of unbranched alkanes of at least 4 members (excludes halogenated alkanes) is 1. The molecule has 0 aliphatic carbocycles. The number of aryl methyl sites for hydroxylation is 1. The number of hydrogen-bond acceptors (Lipinski definition) is 1. The fourth-order valence-electron chi connectivity index (χ4n) is 7.16. The normalized spacial score (nSPS) is 12.1. The second-order valence-electron chi connectivity index (χ2n) is 13.0. The van der Waals surface area contributed by atoms with Crippen LogP contribution < -0.4 is 0 Å². The van der Waals surface area contributed by atoms with Crippen molar-refractivity contribution < 1.29 is 20.1 Å². The Labute approximate surface area is 311 Å². The molecule has 1 unspecified atom stereocenters. The summed E-state index contributed by atoms with van der Waals surface area (Å²) >= 11 is 0. The third-order valence-corrected chi connectivity index (χ3v) is 9.87. The average Bonchev–Trinajstić information content (AvgIpc) is 3.19. The Morgan fingerprint density at radius 1 is 0.520 bits per heavy atom. The first-order valence-electron chi connectivity index (χ1n) is 17.6. The van der Waals surface area contributed by atoms with Gasteiger partial charge >= 0.3 is 0 Å². The van der Waals surface area contributed by atoms with Gasteiger partial charge in [0.2, 0.25) is 0 Å². The van der Waals surface area contributed by atoms with E-state index >= 15 is 0 Å². The molecule has 0 N–H and O–H groups in total. The molecule has 0 saturated heterocycles. The van der Waals surface area contributed by atoms with Crippen LogP contribution in [-0.4, -0.2) is 4.98 Å². The van der Waals surface area contributed by atoms with Crippen molar-refractivity contribution in [2.75, 3.05) is 0 Å². The zero-order valence-corrected chi connectivity index (χ0v) is 31.0. The summed E-state index contributed by atoms with van der Waals surface area (Å²) in [6.07, 6.45) is 7.46. The fraction of sp³-hybridized carbons (Fsp3) is 0.146. The van der Waals surface area contributed by atoms with Crippen LogP contribution in [0, 0.1) is 6.07 Å². The molecule has 2 heteroatoms. The SMILES string of the molecule is CCCCC(CCc1ccccc1)(c1ccccc1)c1ccc(-c2cccc(-c3cccc(-c4cc[c-]c(-c5ccccn5)c4)c3)c2)cc1.[Ir]. The van der Waals surface area contributed by atoms with Gasteiger partial charge in [0, 0.05) is 31.7 Å². The summed E-state index contributed by atoms with van der Waals surface area (Å²) in [5.74, 6) is 0. The van der Waals surface area contributed by atoms with Crippen molar-refractivity contribution in [3.63, 3.8) is 0 Å². The largest absolute Gasteiger partial charge is 0.305 e. The molecule has 1 radical (unpaired) electrons. The van der Waals surface area contributed by atoms with Crippen LogP contribution in [-0.2, 0) is 31.9 Å². The molecule has 7 aromatic rings. The monoisotopic (exact) mass is 825 g/mol. The van der Waals surface area contributed by atoms with Crippen molar-refractivity contribution >= 4 is 0 Å². The number of aromatic nitrogens is 1. The Kier molecular flexibility index (Phi) is 11.7. The van der Waals surface area contributed by atoms with E-state index in [4.69, 9.17) is 0 Å². The van der Waals surface area contributed by atoms with Crippen molar-refractivity contribution in [3.8, 4) is 44.6 Å². The third kappa shape index (κ3) is 7.95. The standard InChI is InChI=1S/C48H42N.Ir/c1-2-3-31-48(45-23-8-5-9-24-45,32-30-37-15-6-4-7-16-37)46-28-26-38(27-29-46)39-17-12-18-40(34-39)41-19-13-20-42(35-41)43-21-14-22-44(36-43)47-25-10-11-33-49-47;/h4-21,23-29,33-36H,2-3,30-32H2,1H3;/q-1;. The topological polar surface area (TPSA) is 12.9 Å². The maximum Gasteiger partial charge on any atom is 0.0206 e. The molecule has 0 aliphatic heterocycles. The summed E-state index contributed by atoms with van der Waals surface area (Å²) in [5.41, 5.74) is 13.3. The van der Waals surface area contributed by atoms with E-state index in [1.54, 1.807) is 0 Å². The summed E-state index contributed by atoms with van der Waals surface area (Å²) in [5, 5.41) is 0. The Balaban J connectivity index is 0.00000432. The van der Waals surface area contributed by atoms with Crippen LogP contribution in [0.15, 0.2) is 176 Å². The summed E-state index contributed by atoms with van der Waals surface area (Å²) in [4.78, 5) is 4.52. The van der Waals surface area contributed by atoms with Crippen molar-refractivity contribution in [3.05, 3.63) is 199 Å². The average molecular weight is 825 g/mol. The minimum absolute atomic E-state index is 0. The molecule has 0 aliphatic rings. The van der Waals surface area contributed by atoms with Crippen LogP contribution in [0.1, 0.15) is 49.3 Å². The fourth-order valence-corrected chi connectivity index (χ4v) is 7.16. The third-order valence-electron chi connectivity index (χ3n) is 9.87. The van der Waals surface area contributed by atoms with Gasteiger partial charge in [-0.15, -0.1) is 35.4 Å². The van der Waals surface area contributed by atoms with Gasteiger partial charge in [-0.25, -0.2) is 0 Å². The quantitative estimate of drug-likeness (QED) is 0.112. The first kappa shape index (κ1) is 35.0. The van der Waals surface area contributed by atoms with Crippen molar-refractivity contribution in [2.24, 2.45) is 0 Å². The molecule has 7 rings (SSSR count). The minimum atomic E-state index is -0.0421. The maximum absolute atomic E-state index is 4.52. The van der Waals surface area contributed by atoms with Gasteiger partial charge in [0.15, 0.2) is 0 Å². The number of rotatable bonds is 12. The van der Waals surface area contributed by atoms with Crippen LogP contribution in [0.3, 0.4) is 0 Å². The van der Waals surface area contributed by atoms with Gasteiger partial charge < -0.3 is 4.98 Å². The first-order valence-corrected chi connectivity index (χ1v) is 17.6. The second-order valence-corrected chi connectivity index (χ2v) is 13.0. The molecule has 0 saturated carbocycles.